The fourth-order valence-electron chi connectivity index (χ4n) is 3.46. The molecule has 3 aliphatic rings. The van der Waals surface area contributed by atoms with Gasteiger partial charge in [-0.25, -0.2) is 0 Å². The third kappa shape index (κ3) is 3.59. The first-order chi connectivity index (χ1) is 10.6. The minimum absolute atomic E-state index is 0.0102. The molecule has 22 heavy (non-hydrogen) atoms. The Morgan fingerprint density at radius 2 is 1.64 bits per heavy atom. The summed E-state index contributed by atoms with van der Waals surface area (Å²) in [6.07, 6.45) is 7.72. The van der Waals surface area contributed by atoms with Gasteiger partial charge in [0, 0.05) is 18.5 Å². The van der Waals surface area contributed by atoms with Gasteiger partial charge in [-0.15, -0.1) is 0 Å². The summed E-state index contributed by atoms with van der Waals surface area (Å²) in [4.78, 5) is 38.1. The van der Waals surface area contributed by atoms with Gasteiger partial charge < -0.3 is 15.5 Å². The Labute approximate surface area is 131 Å². The van der Waals surface area contributed by atoms with Gasteiger partial charge in [0.1, 0.15) is 6.04 Å². The second-order valence-electron chi connectivity index (χ2n) is 6.73. The number of hydrogen-bond donors (Lipinski definition) is 2. The van der Waals surface area contributed by atoms with Crippen molar-refractivity contribution in [2.45, 2.75) is 63.5 Å². The molecule has 0 aromatic heterocycles. The minimum Gasteiger partial charge on any atom is -0.352 e. The van der Waals surface area contributed by atoms with Gasteiger partial charge >= 0.3 is 0 Å². The van der Waals surface area contributed by atoms with Crippen molar-refractivity contribution in [1.82, 2.24) is 15.5 Å². The number of nitrogens with one attached hydrogen (secondary N) is 2. The summed E-state index contributed by atoms with van der Waals surface area (Å²) in [5.74, 6) is -0.111. The molecular formula is C16H25N3O3. The smallest absolute Gasteiger partial charge is 0.243 e. The molecule has 2 aliphatic carbocycles. The minimum atomic E-state index is -0.350. The van der Waals surface area contributed by atoms with Crippen LogP contribution in [-0.4, -0.2) is 47.8 Å². The number of amides is 3. The van der Waals surface area contributed by atoms with Crippen LogP contribution in [0.5, 0.6) is 0 Å². The lowest BCUT2D eigenvalue weighted by Gasteiger charge is -2.24. The molecule has 0 unspecified atom stereocenters. The van der Waals surface area contributed by atoms with E-state index in [0.29, 0.717) is 12.6 Å². The zero-order valence-electron chi connectivity index (χ0n) is 13.0. The van der Waals surface area contributed by atoms with Gasteiger partial charge in [-0.3, -0.25) is 14.4 Å². The number of carbonyl (C=O) groups excluding carboxylic acids is 3. The van der Waals surface area contributed by atoms with Crippen molar-refractivity contribution in [2.75, 3.05) is 13.1 Å². The van der Waals surface area contributed by atoms with Crippen molar-refractivity contribution in [3.8, 4) is 0 Å². The molecule has 6 nitrogen and oxygen atoms in total. The molecule has 0 bridgehead atoms. The number of rotatable bonds is 5. The molecule has 3 rings (SSSR count). The highest BCUT2D eigenvalue weighted by atomic mass is 16.2. The fourth-order valence-corrected chi connectivity index (χ4v) is 3.46. The average Bonchev–Trinajstić information content (AvgIpc) is 3.00. The summed E-state index contributed by atoms with van der Waals surface area (Å²) in [6.45, 7) is 0.628. The monoisotopic (exact) mass is 307 g/mol. The molecule has 1 heterocycles. The maximum absolute atomic E-state index is 12.3. The lowest BCUT2D eigenvalue weighted by atomic mass is 10.1. The Kier molecular flexibility index (Phi) is 4.64. The highest BCUT2D eigenvalue weighted by Crippen LogP contribution is 2.25. The van der Waals surface area contributed by atoms with Gasteiger partial charge in [0.15, 0.2) is 0 Å². The van der Waals surface area contributed by atoms with Crippen molar-refractivity contribution in [3.05, 3.63) is 0 Å². The molecule has 1 atom stereocenters. The van der Waals surface area contributed by atoms with E-state index in [1.807, 2.05) is 0 Å². The highest BCUT2D eigenvalue weighted by molar-refractivity contribution is 5.91. The maximum atomic E-state index is 12.3. The molecule has 0 radical (unpaired) electrons. The molecule has 1 saturated heterocycles. The lowest BCUT2D eigenvalue weighted by Crippen LogP contribution is -2.49. The molecule has 0 aromatic carbocycles. The van der Waals surface area contributed by atoms with Crippen molar-refractivity contribution >= 4 is 17.7 Å². The zero-order chi connectivity index (χ0) is 15.5. The Morgan fingerprint density at radius 1 is 0.909 bits per heavy atom. The van der Waals surface area contributed by atoms with Crippen LogP contribution in [-0.2, 0) is 14.4 Å². The van der Waals surface area contributed by atoms with Crippen LogP contribution >= 0.6 is 0 Å². The summed E-state index contributed by atoms with van der Waals surface area (Å²) in [7, 11) is 0. The Morgan fingerprint density at radius 3 is 2.32 bits per heavy atom. The topological polar surface area (TPSA) is 78.5 Å². The largest absolute Gasteiger partial charge is 0.352 e. The van der Waals surface area contributed by atoms with Gasteiger partial charge in [0.25, 0.3) is 0 Å². The Hall–Kier alpha value is -1.59. The molecule has 3 fully saturated rings. The summed E-state index contributed by atoms with van der Waals surface area (Å²) in [6, 6.07) is -0.0383. The molecule has 6 heteroatoms. The van der Waals surface area contributed by atoms with Crippen molar-refractivity contribution < 1.29 is 14.4 Å². The van der Waals surface area contributed by atoms with Crippen molar-refractivity contribution in [1.29, 1.82) is 0 Å². The predicted molar refractivity (Wildman–Crippen MR) is 80.9 cm³/mol. The van der Waals surface area contributed by atoms with Crippen LogP contribution in [0.2, 0.25) is 0 Å². The van der Waals surface area contributed by atoms with E-state index < -0.39 is 0 Å². The standard InChI is InChI=1S/C16H25N3O3/c20-14(10-17-15(21)11-4-1-2-5-11)19-9-3-6-13(19)16(22)18-12-7-8-12/h11-13H,1-10H2,(H,17,21)(H,18,22)/t13-/m0/s1. The zero-order valence-corrected chi connectivity index (χ0v) is 13.0. The molecule has 1 aliphatic heterocycles. The maximum Gasteiger partial charge on any atom is 0.243 e. The van der Waals surface area contributed by atoms with E-state index in [4.69, 9.17) is 0 Å². The number of carbonyl (C=O) groups is 3. The molecule has 2 N–H and O–H groups in total. The third-order valence-corrected chi connectivity index (χ3v) is 4.94. The Bertz CT molecular complexity index is 456. The quantitative estimate of drug-likeness (QED) is 0.779. The second-order valence-corrected chi connectivity index (χ2v) is 6.73. The van der Waals surface area contributed by atoms with Gasteiger partial charge in [-0.1, -0.05) is 12.8 Å². The molecule has 3 amide bonds. The number of nitrogens with zero attached hydrogens (tertiary/aromatic N) is 1. The van der Waals surface area contributed by atoms with Gasteiger partial charge in [0.2, 0.25) is 17.7 Å². The van der Waals surface area contributed by atoms with Crippen LogP contribution < -0.4 is 10.6 Å². The highest BCUT2D eigenvalue weighted by Gasteiger charge is 2.36. The van der Waals surface area contributed by atoms with E-state index in [-0.39, 0.29) is 36.2 Å². The van der Waals surface area contributed by atoms with Crippen LogP contribution in [0, 0.1) is 5.92 Å². The van der Waals surface area contributed by atoms with Gasteiger partial charge in [-0.2, -0.15) is 0 Å². The normalized spacial score (nSPS) is 25.3. The molecule has 0 spiro atoms. The van der Waals surface area contributed by atoms with E-state index in [0.717, 1.165) is 51.4 Å². The summed E-state index contributed by atoms with van der Waals surface area (Å²) < 4.78 is 0. The van der Waals surface area contributed by atoms with Crippen LogP contribution in [0.15, 0.2) is 0 Å². The second kappa shape index (κ2) is 6.67. The summed E-state index contributed by atoms with van der Waals surface area (Å²) >= 11 is 0. The SMILES string of the molecule is O=C(NCC(=O)N1CCC[C@H]1C(=O)NC1CC1)C1CCCC1. The number of hydrogen-bond acceptors (Lipinski definition) is 3. The molecule has 0 aromatic rings. The first-order valence-electron chi connectivity index (χ1n) is 8.52. The first kappa shape index (κ1) is 15.3. The summed E-state index contributed by atoms with van der Waals surface area (Å²) in [5.41, 5.74) is 0. The van der Waals surface area contributed by atoms with Crippen molar-refractivity contribution in [2.24, 2.45) is 5.92 Å². The van der Waals surface area contributed by atoms with Gasteiger partial charge in [0.05, 0.1) is 6.54 Å². The molecule has 2 saturated carbocycles. The van der Waals surface area contributed by atoms with Crippen molar-refractivity contribution in [3.63, 3.8) is 0 Å². The van der Waals surface area contributed by atoms with E-state index >= 15 is 0 Å². The first-order valence-corrected chi connectivity index (χ1v) is 8.52. The molecule has 122 valence electrons. The lowest BCUT2D eigenvalue weighted by molar-refractivity contribution is -0.139. The van der Waals surface area contributed by atoms with Crippen LogP contribution in [0.4, 0.5) is 0 Å². The average molecular weight is 307 g/mol. The van der Waals surface area contributed by atoms with E-state index in [9.17, 15) is 14.4 Å². The summed E-state index contributed by atoms with van der Waals surface area (Å²) in [5, 5.41) is 5.72. The van der Waals surface area contributed by atoms with Gasteiger partial charge in [-0.05, 0) is 38.5 Å². The third-order valence-electron chi connectivity index (χ3n) is 4.94. The van der Waals surface area contributed by atoms with E-state index in [1.165, 1.54) is 0 Å². The predicted octanol–water partition coefficient (Wildman–Crippen LogP) is 0.562. The Balaban J connectivity index is 1.47. The van der Waals surface area contributed by atoms with Crippen LogP contribution in [0.3, 0.4) is 0 Å². The number of likely N-dealkylation sites (tertiary alicyclic amines) is 1. The fraction of sp³-hybridized carbons (Fsp3) is 0.812. The van der Waals surface area contributed by atoms with E-state index in [2.05, 4.69) is 10.6 Å². The van der Waals surface area contributed by atoms with E-state index in [1.54, 1.807) is 4.90 Å². The molecular weight excluding hydrogens is 282 g/mol. The van der Waals surface area contributed by atoms with Crippen LogP contribution in [0.1, 0.15) is 51.4 Å². The van der Waals surface area contributed by atoms with Crippen LogP contribution in [0.25, 0.3) is 0 Å².